The third-order valence-corrected chi connectivity index (χ3v) is 14.4. The van der Waals surface area contributed by atoms with Crippen LogP contribution in [0.4, 0.5) is 0 Å². The van der Waals surface area contributed by atoms with Gasteiger partial charge in [0, 0.05) is 66.3 Å². The molecule has 2 saturated heterocycles. The molecule has 0 radical (unpaired) electrons. The van der Waals surface area contributed by atoms with Crippen LogP contribution in [0, 0.1) is 39.9 Å². The van der Waals surface area contributed by atoms with Gasteiger partial charge in [-0.3, -0.25) is 4.90 Å². The Morgan fingerprint density at radius 3 is 2.82 bits per heavy atom. The van der Waals surface area contributed by atoms with Gasteiger partial charge in [0.1, 0.15) is 5.60 Å². The third-order valence-electron chi connectivity index (χ3n) is 14.4. The van der Waals surface area contributed by atoms with Crippen molar-refractivity contribution in [3.8, 4) is 0 Å². The highest BCUT2D eigenvalue weighted by molar-refractivity contribution is 5.90. The second-order valence-corrected chi connectivity index (χ2v) is 15.6. The van der Waals surface area contributed by atoms with Crippen molar-refractivity contribution >= 4 is 11.9 Å². The van der Waals surface area contributed by atoms with E-state index in [-0.39, 0.29) is 47.6 Å². The summed E-state index contributed by atoms with van der Waals surface area (Å²) >= 11 is 0. The number of nitrogens with zero attached hydrogens (tertiary/aromatic N) is 1. The van der Waals surface area contributed by atoms with Gasteiger partial charge >= 0.3 is 0 Å². The van der Waals surface area contributed by atoms with E-state index in [1.165, 1.54) is 4.90 Å². The number of fused-ring (bicyclic) bond motifs is 1. The number of ether oxygens (including phenoxy) is 1. The van der Waals surface area contributed by atoms with Crippen LogP contribution in [0.3, 0.4) is 0 Å². The molecular formula is C34H55N5O5. The quantitative estimate of drug-likeness (QED) is 0.120. The highest BCUT2D eigenvalue weighted by atomic mass is 16.5. The number of allylic oxidation sites excluding steroid dienone is 1. The van der Waals surface area contributed by atoms with Crippen LogP contribution in [0.2, 0.25) is 0 Å². The van der Waals surface area contributed by atoms with Gasteiger partial charge in [-0.1, -0.05) is 12.5 Å². The lowest BCUT2D eigenvalue weighted by molar-refractivity contribution is -0.832. The Labute approximate surface area is 262 Å². The second kappa shape index (κ2) is 11.3. The molecule has 2 aliphatic heterocycles. The lowest BCUT2D eigenvalue weighted by Gasteiger charge is -2.70. The average molecular weight is 614 g/mol. The summed E-state index contributed by atoms with van der Waals surface area (Å²) in [7, 11) is 1.76. The zero-order valence-corrected chi connectivity index (χ0v) is 26.8. The molecule has 6 fully saturated rings. The molecule has 246 valence electrons. The van der Waals surface area contributed by atoms with Gasteiger partial charge < -0.3 is 41.2 Å². The lowest BCUT2D eigenvalue weighted by Crippen LogP contribution is -3.19. The van der Waals surface area contributed by atoms with Crippen LogP contribution in [0.15, 0.2) is 16.1 Å². The van der Waals surface area contributed by atoms with E-state index in [0.29, 0.717) is 36.8 Å². The van der Waals surface area contributed by atoms with Crippen molar-refractivity contribution in [1.29, 1.82) is 0 Å². The standard InChI is InChI=1S/C34H55N5O5/c1-21-8-9-22-17-24-28(29(41)42)32(43,20-44-26-7-3-6-25-23(26)5-4-13-38-25)27-10-11-31(18-37-14-16-40)12-15-39(30(35)36-2)19-33(22,31)34(21,24)27/h21-23,25-27,37-38,40,43H,3-20H2,1-2H3,(H2,35,36)(H,41,42). The summed E-state index contributed by atoms with van der Waals surface area (Å²) in [6, 6.07) is 0.448. The Kier molecular flexibility index (Phi) is 7.98. The van der Waals surface area contributed by atoms with Gasteiger partial charge in [-0.25, -0.2) is 4.99 Å². The number of aliphatic hydroxyl groups is 2. The monoisotopic (exact) mass is 613 g/mol. The van der Waals surface area contributed by atoms with E-state index in [1.807, 2.05) is 0 Å². The van der Waals surface area contributed by atoms with Gasteiger partial charge in [0.15, 0.2) is 0 Å². The number of likely N-dealkylation sites (tertiary alicyclic amines) is 1. The normalized spacial score (nSPS) is 48.1. The summed E-state index contributed by atoms with van der Waals surface area (Å²) in [5.74, 6) is 0.0774. The number of carboxylic acids is 1. The van der Waals surface area contributed by atoms with Crippen molar-refractivity contribution < 1.29 is 29.8 Å². The minimum atomic E-state index is -1.58. The average Bonchev–Trinajstić information content (AvgIpc) is 3.37. The fourth-order valence-corrected chi connectivity index (χ4v) is 13.1. The zero-order valence-electron chi connectivity index (χ0n) is 26.8. The molecular weight excluding hydrogens is 558 g/mol. The molecule has 11 atom stereocenters. The maximum atomic E-state index is 13.3. The van der Waals surface area contributed by atoms with Gasteiger partial charge in [-0.15, -0.1) is 0 Å². The predicted molar refractivity (Wildman–Crippen MR) is 164 cm³/mol. The van der Waals surface area contributed by atoms with Crippen molar-refractivity contribution in [2.45, 2.75) is 95.3 Å². The van der Waals surface area contributed by atoms with E-state index >= 15 is 0 Å². The number of carboxylic acid groups (broad SMARTS) is 1. The SMILES string of the molecule is CN=C(N)[NH+]1CCC2(CNCCO)CCC3C(O)(COC4CCCC5NCCCC54)C(C(=O)[O-])=C4CC5CCC(C)C43C52C1. The molecule has 2 heterocycles. The molecule has 2 bridgehead atoms. The molecule has 44 heavy (non-hydrogen) atoms. The highest BCUT2D eigenvalue weighted by Gasteiger charge is 2.84. The van der Waals surface area contributed by atoms with Gasteiger partial charge in [0.2, 0.25) is 0 Å². The van der Waals surface area contributed by atoms with Gasteiger partial charge in [0.05, 0.1) is 38.4 Å². The second-order valence-electron chi connectivity index (χ2n) is 15.6. The highest BCUT2D eigenvalue weighted by Crippen LogP contribution is 2.83. The first-order valence-electron chi connectivity index (χ1n) is 17.6. The topological polar surface area (TPSA) is 157 Å². The minimum Gasteiger partial charge on any atom is -0.545 e. The molecule has 0 aromatic heterocycles. The van der Waals surface area contributed by atoms with Crippen LogP contribution in [0.5, 0.6) is 0 Å². The Hall–Kier alpha value is -1.56. The molecule has 7 aliphatic rings. The number of rotatable bonds is 8. The molecule has 10 heteroatoms. The smallest absolute Gasteiger partial charge is 0.293 e. The number of nitrogens with two attached hydrogens (primary N) is 1. The van der Waals surface area contributed by atoms with Crippen molar-refractivity contribution in [3.05, 3.63) is 11.1 Å². The molecule has 10 nitrogen and oxygen atoms in total. The number of piperidine rings is 2. The minimum absolute atomic E-state index is 0.0263. The van der Waals surface area contributed by atoms with Crippen molar-refractivity contribution in [3.63, 3.8) is 0 Å². The van der Waals surface area contributed by atoms with Gasteiger partial charge in [-0.05, 0) is 82.6 Å². The molecule has 2 spiro atoms. The fourth-order valence-electron chi connectivity index (χ4n) is 13.1. The summed E-state index contributed by atoms with van der Waals surface area (Å²) in [6.07, 6.45) is 10.9. The zero-order chi connectivity index (χ0) is 30.9. The number of nitrogens with one attached hydrogen (secondary N) is 3. The number of aliphatic carboxylic acids is 1. The first kappa shape index (κ1) is 31.1. The van der Waals surface area contributed by atoms with Crippen LogP contribution in [-0.2, 0) is 9.53 Å². The van der Waals surface area contributed by atoms with E-state index in [2.05, 4.69) is 22.5 Å². The number of guanidine groups is 1. The predicted octanol–water partition coefficient (Wildman–Crippen LogP) is -0.651. The Balaban J connectivity index is 1.33. The number of hydrogen-bond donors (Lipinski definition) is 6. The van der Waals surface area contributed by atoms with E-state index in [4.69, 9.17) is 10.5 Å². The Morgan fingerprint density at radius 1 is 1.20 bits per heavy atom. The first-order chi connectivity index (χ1) is 21.2. The third kappa shape index (κ3) is 4.00. The molecule has 7 rings (SSSR count). The van der Waals surface area contributed by atoms with E-state index in [1.54, 1.807) is 7.05 Å². The van der Waals surface area contributed by atoms with Crippen LogP contribution < -0.4 is 26.4 Å². The van der Waals surface area contributed by atoms with E-state index in [9.17, 15) is 20.1 Å². The summed E-state index contributed by atoms with van der Waals surface area (Å²) < 4.78 is 6.76. The van der Waals surface area contributed by atoms with Crippen molar-refractivity contribution in [2.24, 2.45) is 50.6 Å². The number of hydrogen-bond acceptors (Lipinski definition) is 8. The molecule has 11 unspecified atom stereocenters. The van der Waals surface area contributed by atoms with E-state index < -0.39 is 17.0 Å². The van der Waals surface area contributed by atoms with Gasteiger partial charge in [0.25, 0.3) is 5.96 Å². The van der Waals surface area contributed by atoms with Crippen LogP contribution >= 0.6 is 0 Å². The summed E-state index contributed by atoms with van der Waals surface area (Å²) in [6.45, 7) is 6.46. The number of quaternary nitrogens is 1. The summed E-state index contributed by atoms with van der Waals surface area (Å²) in [5, 5.41) is 43.3. The molecule has 0 aromatic carbocycles. The molecule has 0 aromatic rings. The first-order valence-corrected chi connectivity index (χ1v) is 17.6. The van der Waals surface area contributed by atoms with Crippen molar-refractivity contribution in [2.75, 3.05) is 53.0 Å². The number of aliphatic imine (C=N–C) groups is 1. The van der Waals surface area contributed by atoms with E-state index in [0.717, 1.165) is 96.0 Å². The molecule has 5 aliphatic carbocycles. The van der Waals surface area contributed by atoms with Crippen molar-refractivity contribution in [1.82, 2.24) is 10.6 Å². The van der Waals surface area contributed by atoms with Crippen LogP contribution in [-0.4, -0.2) is 92.9 Å². The maximum absolute atomic E-state index is 13.3. The largest absolute Gasteiger partial charge is 0.545 e. The number of aliphatic hydroxyl groups excluding tert-OH is 1. The molecule has 7 N–H and O–H groups in total. The van der Waals surface area contributed by atoms with Gasteiger partial charge in [-0.2, -0.15) is 0 Å². The lowest BCUT2D eigenvalue weighted by atomic mass is 9.34. The number of carbonyl (C=O) groups excluding carboxylic acids is 1. The Morgan fingerprint density at radius 2 is 2.05 bits per heavy atom. The summed E-state index contributed by atoms with van der Waals surface area (Å²) in [5.41, 5.74) is 5.28. The van der Waals surface area contributed by atoms with Crippen LogP contribution in [0.25, 0.3) is 0 Å². The maximum Gasteiger partial charge on any atom is 0.293 e. The molecule has 0 amide bonds. The van der Waals surface area contributed by atoms with Crippen LogP contribution in [0.1, 0.15) is 77.6 Å². The fraction of sp³-hybridized carbons (Fsp3) is 0.882. The number of carbonyl (C=O) groups is 1. The Bertz CT molecular complexity index is 1210. The molecule has 4 saturated carbocycles. The summed E-state index contributed by atoms with van der Waals surface area (Å²) in [4.78, 5) is 18.9.